The van der Waals surface area contributed by atoms with E-state index in [0.717, 1.165) is 13.1 Å². The second-order valence-electron chi connectivity index (χ2n) is 4.12. The number of aromatic nitrogens is 1. The lowest BCUT2D eigenvalue weighted by molar-refractivity contribution is 0.0948. The van der Waals surface area contributed by atoms with Crippen LogP contribution in [0.5, 0.6) is 0 Å². The number of rotatable bonds is 8. The Morgan fingerprint density at radius 2 is 2.32 bits per heavy atom. The third kappa shape index (κ3) is 5.21. The number of hydrogen-bond donors (Lipinski definition) is 3. The number of anilines is 1. The molecular weight excluding hydrogens is 246 g/mol. The summed E-state index contributed by atoms with van der Waals surface area (Å²) in [6, 6.07) is 1.62. The Morgan fingerprint density at radius 3 is 3.00 bits per heavy atom. The van der Waals surface area contributed by atoms with Crippen molar-refractivity contribution in [1.82, 2.24) is 15.2 Å². The minimum absolute atomic E-state index is 0.171. The highest BCUT2D eigenvalue weighted by molar-refractivity contribution is 5.99. The minimum Gasteiger partial charge on any atom is -0.383 e. The molecule has 0 unspecified atom stereocenters. The molecule has 1 rings (SSSR count). The number of nitrogens with zero attached hydrogens (tertiary/aromatic N) is 2. The van der Waals surface area contributed by atoms with E-state index in [2.05, 4.69) is 20.6 Å². The average molecular weight is 267 g/mol. The first-order valence-electron chi connectivity index (χ1n) is 6.05. The fraction of sp³-hybridized carbons (Fsp3) is 0.500. The van der Waals surface area contributed by atoms with Crippen LogP contribution in [0.15, 0.2) is 18.5 Å². The van der Waals surface area contributed by atoms with Gasteiger partial charge in [0, 0.05) is 32.9 Å². The molecular formula is C12H21N5O2. The van der Waals surface area contributed by atoms with E-state index in [4.69, 9.17) is 10.6 Å². The Bertz CT molecular complexity index is 399. The third-order valence-corrected chi connectivity index (χ3v) is 2.68. The maximum atomic E-state index is 11.9. The van der Waals surface area contributed by atoms with E-state index in [1.54, 1.807) is 19.4 Å². The van der Waals surface area contributed by atoms with Crippen molar-refractivity contribution < 1.29 is 9.53 Å². The minimum atomic E-state index is -0.171. The summed E-state index contributed by atoms with van der Waals surface area (Å²) in [5, 5.41) is 2.84. The van der Waals surface area contributed by atoms with Crippen LogP contribution in [0.1, 0.15) is 10.4 Å². The zero-order valence-electron chi connectivity index (χ0n) is 11.3. The van der Waals surface area contributed by atoms with E-state index < -0.39 is 0 Å². The number of nitrogens with two attached hydrogens (primary N) is 1. The number of likely N-dealkylation sites (N-methyl/N-ethyl adjacent to an activating group) is 1. The second-order valence-corrected chi connectivity index (χ2v) is 4.12. The number of carbonyl (C=O) groups excluding carboxylic acids is 1. The van der Waals surface area contributed by atoms with Gasteiger partial charge in [0.25, 0.3) is 5.91 Å². The van der Waals surface area contributed by atoms with Crippen molar-refractivity contribution in [3.63, 3.8) is 0 Å². The lowest BCUT2D eigenvalue weighted by Crippen LogP contribution is -2.34. The first-order chi connectivity index (χ1) is 9.19. The largest absolute Gasteiger partial charge is 0.383 e. The molecule has 0 bridgehead atoms. The molecule has 4 N–H and O–H groups in total. The van der Waals surface area contributed by atoms with Crippen LogP contribution in [-0.2, 0) is 4.74 Å². The standard InChI is InChI=1S/C12H21N5O2/c1-17(7-8-19-2)6-5-15-12(18)10-3-4-14-9-11(10)16-13/h3-4,9,16H,5-8,13H2,1-2H3,(H,15,18). The molecule has 0 saturated carbocycles. The van der Waals surface area contributed by atoms with Crippen molar-refractivity contribution in [2.75, 3.05) is 45.8 Å². The summed E-state index contributed by atoms with van der Waals surface area (Å²) in [4.78, 5) is 17.9. The maximum absolute atomic E-state index is 11.9. The highest BCUT2D eigenvalue weighted by atomic mass is 16.5. The van der Waals surface area contributed by atoms with E-state index in [9.17, 15) is 4.79 Å². The highest BCUT2D eigenvalue weighted by Crippen LogP contribution is 2.10. The Morgan fingerprint density at radius 1 is 1.53 bits per heavy atom. The van der Waals surface area contributed by atoms with Gasteiger partial charge in [0.2, 0.25) is 0 Å². The predicted molar refractivity (Wildman–Crippen MR) is 73.8 cm³/mol. The van der Waals surface area contributed by atoms with E-state index in [1.165, 1.54) is 6.20 Å². The van der Waals surface area contributed by atoms with Gasteiger partial charge in [0.15, 0.2) is 0 Å². The van der Waals surface area contributed by atoms with Crippen LogP contribution in [-0.4, -0.2) is 56.2 Å². The molecule has 106 valence electrons. The van der Waals surface area contributed by atoms with Crippen molar-refractivity contribution in [1.29, 1.82) is 0 Å². The summed E-state index contributed by atoms with van der Waals surface area (Å²) in [7, 11) is 3.64. The van der Waals surface area contributed by atoms with Gasteiger partial charge in [0.1, 0.15) is 0 Å². The Labute approximate surface area is 113 Å². The van der Waals surface area contributed by atoms with Gasteiger partial charge in [-0.15, -0.1) is 0 Å². The van der Waals surface area contributed by atoms with Gasteiger partial charge in [-0.25, -0.2) is 0 Å². The number of pyridine rings is 1. The maximum Gasteiger partial charge on any atom is 0.253 e. The van der Waals surface area contributed by atoms with Crippen molar-refractivity contribution in [2.45, 2.75) is 0 Å². The zero-order valence-corrected chi connectivity index (χ0v) is 11.3. The molecule has 19 heavy (non-hydrogen) atoms. The van der Waals surface area contributed by atoms with Crippen LogP contribution in [0.2, 0.25) is 0 Å². The van der Waals surface area contributed by atoms with Crippen molar-refractivity contribution in [2.24, 2.45) is 5.84 Å². The van der Waals surface area contributed by atoms with Gasteiger partial charge in [-0.1, -0.05) is 0 Å². The lowest BCUT2D eigenvalue weighted by Gasteiger charge is -2.16. The summed E-state index contributed by atoms with van der Waals surface area (Å²) in [6.45, 7) is 2.82. The summed E-state index contributed by atoms with van der Waals surface area (Å²) in [5.74, 6) is 5.16. The zero-order chi connectivity index (χ0) is 14.1. The fourth-order valence-corrected chi connectivity index (χ4v) is 1.52. The van der Waals surface area contributed by atoms with Crippen LogP contribution < -0.4 is 16.6 Å². The van der Waals surface area contributed by atoms with E-state index >= 15 is 0 Å². The molecule has 1 amide bonds. The average Bonchev–Trinajstić information content (AvgIpc) is 2.44. The first-order valence-corrected chi connectivity index (χ1v) is 6.05. The summed E-state index contributed by atoms with van der Waals surface area (Å²) >= 11 is 0. The molecule has 0 aromatic carbocycles. The predicted octanol–water partition coefficient (Wildman–Crippen LogP) is -0.325. The van der Waals surface area contributed by atoms with Gasteiger partial charge >= 0.3 is 0 Å². The highest BCUT2D eigenvalue weighted by Gasteiger charge is 2.10. The van der Waals surface area contributed by atoms with Gasteiger partial charge in [-0.2, -0.15) is 0 Å². The molecule has 0 atom stereocenters. The summed E-state index contributed by atoms with van der Waals surface area (Å²) in [5.41, 5.74) is 3.44. The number of nitrogens with one attached hydrogen (secondary N) is 2. The number of nitrogen functional groups attached to an aromatic ring is 1. The van der Waals surface area contributed by atoms with E-state index in [-0.39, 0.29) is 5.91 Å². The number of carbonyl (C=O) groups is 1. The number of hydrogen-bond acceptors (Lipinski definition) is 6. The molecule has 7 heteroatoms. The Kier molecular flexibility index (Phi) is 6.80. The van der Waals surface area contributed by atoms with Gasteiger partial charge in [-0.3, -0.25) is 15.6 Å². The molecule has 0 saturated heterocycles. The van der Waals surface area contributed by atoms with Crippen LogP contribution in [0.25, 0.3) is 0 Å². The number of methoxy groups -OCH3 is 1. The molecule has 1 aromatic heterocycles. The summed E-state index contributed by atoms with van der Waals surface area (Å²) < 4.78 is 4.98. The van der Waals surface area contributed by atoms with Crippen LogP contribution in [0.3, 0.4) is 0 Å². The molecule has 0 aliphatic rings. The van der Waals surface area contributed by atoms with E-state index in [1.807, 2.05) is 7.05 Å². The van der Waals surface area contributed by atoms with Crippen molar-refractivity contribution in [3.8, 4) is 0 Å². The number of ether oxygens (including phenoxy) is 1. The van der Waals surface area contributed by atoms with Crippen LogP contribution in [0.4, 0.5) is 5.69 Å². The fourth-order valence-electron chi connectivity index (χ4n) is 1.52. The molecule has 0 fully saturated rings. The monoisotopic (exact) mass is 267 g/mol. The van der Waals surface area contributed by atoms with Gasteiger partial charge in [0.05, 0.1) is 24.1 Å². The molecule has 1 aromatic rings. The third-order valence-electron chi connectivity index (χ3n) is 2.68. The molecule has 0 aliphatic carbocycles. The van der Waals surface area contributed by atoms with Crippen molar-refractivity contribution in [3.05, 3.63) is 24.0 Å². The summed E-state index contributed by atoms with van der Waals surface area (Å²) in [6.07, 6.45) is 3.07. The topological polar surface area (TPSA) is 92.5 Å². The van der Waals surface area contributed by atoms with E-state index in [0.29, 0.717) is 24.4 Å². The molecule has 7 nitrogen and oxygen atoms in total. The molecule has 0 radical (unpaired) electrons. The number of amides is 1. The lowest BCUT2D eigenvalue weighted by atomic mass is 10.2. The first kappa shape index (κ1) is 15.4. The molecule has 0 aliphatic heterocycles. The van der Waals surface area contributed by atoms with Gasteiger partial charge in [-0.05, 0) is 13.1 Å². The molecule has 1 heterocycles. The quantitative estimate of drug-likeness (QED) is 0.441. The Hall–Kier alpha value is -1.70. The number of hydrazine groups is 1. The Balaban J connectivity index is 2.39. The SMILES string of the molecule is COCCN(C)CCNC(=O)c1ccncc1NN. The van der Waals surface area contributed by atoms with Crippen LogP contribution in [0, 0.1) is 0 Å². The smallest absolute Gasteiger partial charge is 0.253 e. The molecule has 0 spiro atoms. The normalized spacial score (nSPS) is 10.5. The van der Waals surface area contributed by atoms with Crippen molar-refractivity contribution >= 4 is 11.6 Å². The second kappa shape index (κ2) is 8.41. The van der Waals surface area contributed by atoms with Crippen LogP contribution >= 0.6 is 0 Å². The van der Waals surface area contributed by atoms with Gasteiger partial charge < -0.3 is 20.4 Å².